The number of carbonyl (C=O) groups is 3. The molecule has 0 atom stereocenters. The highest BCUT2D eigenvalue weighted by Gasteiger charge is 2.08. The number of benzene rings is 3. The molecule has 3 amide bonds. The van der Waals surface area contributed by atoms with Crippen molar-refractivity contribution in [3.63, 3.8) is 0 Å². The third-order valence-corrected chi connectivity index (χ3v) is 4.96. The van der Waals surface area contributed by atoms with E-state index in [0.29, 0.717) is 24.2 Å². The molecule has 0 unspecified atom stereocenters. The standard InChI is InChI=1S/C23H22BrN3O3/c24-20-7-3-6-18(15-20)22(29)27-13-12-25-21(28)10-11-26-23(30)19-9-8-16-4-1-2-5-17(16)14-19/h1-9,14-15H,10-13H2,(H,25,28)(H,26,30)(H,27,29). The highest BCUT2D eigenvalue weighted by atomic mass is 79.9. The van der Waals surface area contributed by atoms with E-state index in [2.05, 4.69) is 31.9 Å². The van der Waals surface area contributed by atoms with Crippen LogP contribution in [0.5, 0.6) is 0 Å². The number of rotatable bonds is 8. The third kappa shape index (κ3) is 6.15. The second kappa shape index (κ2) is 10.5. The van der Waals surface area contributed by atoms with E-state index >= 15 is 0 Å². The molecule has 3 aromatic carbocycles. The van der Waals surface area contributed by atoms with Crippen LogP contribution in [0.25, 0.3) is 10.8 Å². The Kier molecular flexibility index (Phi) is 7.57. The van der Waals surface area contributed by atoms with Gasteiger partial charge in [0.25, 0.3) is 11.8 Å². The summed E-state index contributed by atoms with van der Waals surface area (Å²) >= 11 is 3.32. The summed E-state index contributed by atoms with van der Waals surface area (Å²) in [5.74, 6) is -0.603. The summed E-state index contributed by atoms with van der Waals surface area (Å²) in [6.45, 7) is 0.875. The fourth-order valence-electron chi connectivity index (χ4n) is 2.92. The van der Waals surface area contributed by atoms with Crippen LogP contribution in [0.15, 0.2) is 71.2 Å². The van der Waals surface area contributed by atoms with Gasteiger partial charge in [-0.05, 0) is 41.1 Å². The van der Waals surface area contributed by atoms with Gasteiger partial charge in [0.1, 0.15) is 0 Å². The van der Waals surface area contributed by atoms with E-state index in [0.717, 1.165) is 15.2 Å². The van der Waals surface area contributed by atoms with Crippen LogP contribution in [0.2, 0.25) is 0 Å². The van der Waals surface area contributed by atoms with Gasteiger partial charge in [0, 0.05) is 41.7 Å². The molecular weight excluding hydrogens is 446 g/mol. The van der Waals surface area contributed by atoms with Crippen LogP contribution < -0.4 is 16.0 Å². The van der Waals surface area contributed by atoms with Crippen LogP contribution >= 0.6 is 15.9 Å². The molecule has 0 aromatic heterocycles. The largest absolute Gasteiger partial charge is 0.354 e. The van der Waals surface area contributed by atoms with E-state index in [-0.39, 0.29) is 30.7 Å². The van der Waals surface area contributed by atoms with Crippen molar-refractivity contribution in [1.29, 1.82) is 0 Å². The van der Waals surface area contributed by atoms with Gasteiger partial charge >= 0.3 is 0 Å². The molecule has 0 fully saturated rings. The average Bonchev–Trinajstić information content (AvgIpc) is 2.76. The van der Waals surface area contributed by atoms with Crippen molar-refractivity contribution in [2.45, 2.75) is 6.42 Å². The quantitative estimate of drug-likeness (QED) is 0.444. The number of carbonyl (C=O) groups excluding carboxylic acids is 3. The summed E-state index contributed by atoms with van der Waals surface area (Å²) in [6, 6.07) is 20.4. The second-order valence-electron chi connectivity index (χ2n) is 6.68. The summed E-state index contributed by atoms with van der Waals surface area (Å²) in [4.78, 5) is 36.2. The van der Waals surface area contributed by atoms with Gasteiger partial charge in [-0.2, -0.15) is 0 Å². The Morgan fingerprint density at radius 1 is 0.667 bits per heavy atom. The Balaban J connectivity index is 1.34. The molecule has 0 aliphatic carbocycles. The normalized spacial score (nSPS) is 10.4. The fraction of sp³-hybridized carbons (Fsp3) is 0.174. The van der Waals surface area contributed by atoms with Gasteiger partial charge in [0.05, 0.1) is 0 Å². The molecule has 3 rings (SSSR count). The minimum atomic E-state index is -0.213. The molecule has 6 nitrogen and oxygen atoms in total. The number of fused-ring (bicyclic) bond motifs is 1. The Bertz CT molecular complexity index is 1070. The van der Waals surface area contributed by atoms with Crippen LogP contribution in [0, 0.1) is 0 Å². The van der Waals surface area contributed by atoms with E-state index in [9.17, 15) is 14.4 Å². The lowest BCUT2D eigenvalue weighted by molar-refractivity contribution is -0.120. The van der Waals surface area contributed by atoms with Crippen molar-refractivity contribution in [2.24, 2.45) is 0 Å². The predicted molar refractivity (Wildman–Crippen MR) is 120 cm³/mol. The zero-order valence-electron chi connectivity index (χ0n) is 16.3. The summed E-state index contributed by atoms with van der Waals surface area (Å²) in [5, 5.41) is 10.3. The molecule has 0 bridgehead atoms. The molecule has 0 aliphatic heterocycles. The first-order chi connectivity index (χ1) is 14.5. The Morgan fingerprint density at radius 3 is 2.10 bits per heavy atom. The van der Waals surface area contributed by atoms with Crippen LogP contribution in [0.4, 0.5) is 0 Å². The summed E-state index contributed by atoms with van der Waals surface area (Å²) < 4.78 is 0.828. The number of nitrogens with one attached hydrogen (secondary N) is 3. The van der Waals surface area contributed by atoms with Crippen molar-refractivity contribution >= 4 is 44.4 Å². The molecule has 0 saturated heterocycles. The third-order valence-electron chi connectivity index (χ3n) is 4.47. The maximum Gasteiger partial charge on any atom is 0.251 e. The fourth-order valence-corrected chi connectivity index (χ4v) is 3.32. The molecule has 0 radical (unpaired) electrons. The lowest BCUT2D eigenvalue weighted by Crippen LogP contribution is -2.36. The number of hydrogen-bond acceptors (Lipinski definition) is 3. The van der Waals surface area contributed by atoms with Gasteiger partial charge in [-0.3, -0.25) is 14.4 Å². The summed E-state index contributed by atoms with van der Waals surface area (Å²) in [6.07, 6.45) is 0.166. The van der Waals surface area contributed by atoms with Gasteiger partial charge < -0.3 is 16.0 Å². The highest BCUT2D eigenvalue weighted by Crippen LogP contribution is 2.15. The molecule has 0 aliphatic rings. The Hall–Kier alpha value is -3.19. The van der Waals surface area contributed by atoms with Crippen LogP contribution in [-0.4, -0.2) is 37.4 Å². The lowest BCUT2D eigenvalue weighted by atomic mass is 10.1. The summed E-state index contributed by atoms with van der Waals surface area (Å²) in [7, 11) is 0. The molecule has 3 N–H and O–H groups in total. The molecular formula is C23H22BrN3O3. The SMILES string of the molecule is O=C(CCNC(=O)c1ccc2ccccc2c1)NCCNC(=O)c1cccc(Br)c1. The van der Waals surface area contributed by atoms with E-state index in [1.54, 1.807) is 24.3 Å². The van der Waals surface area contributed by atoms with E-state index < -0.39 is 0 Å². The van der Waals surface area contributed by atoms with Crippen molar-refractivity contribution in [3.05, 3.63) is 82.3 Å². The number of hydrogen-bond donors (Lipinski definition) is 3. The molecule has 30 heavy (non-hydrogen) atoms. The minimum absolute atomic E-state index is 0.166. The van der Waals surface area contributed by atoms with Crippen molar-refractivity contribution < 1.29 is 14.4 Å². The van der Waals surface area contributed by atoms with Gasteiger partial charge in [0.2, 0.25) is 5.91 Å². The van der Waals surface area contributed by atoms with E-state index in [1.807, 2.05) is 42.5 Å². The van der Waals surface area contributed by atoms with Gasteiger partial charge in [-0.1, -0.05) is 52.3 Å². The molecule has 0 spiro atoms. The Morgan fingerprint density at radius 2 is 1.33 bits per heavy atom. The first kappa shape index (κ1) is 21.5. The number of amides is 3. The van der Waals surface area contributed by atoms with Crippen LogP contribution in [0.1, 0.15) is 27.1 Å². The van der Waals surface area contributed by atoms with Crippen molar-refractivity contribution in [1.82, 2.24) is 16.0 Å². The highest BCUT2D eigenvalue weighted by molar-refractivity contribution is 9.10. The van der Waals surface area contributed by atoms with Crippen LogP contribution in [-0.2, 0) is 4.79 Å². The molecule has 0 saturated carbocycles. The lowest BCUT2D eigenvalue weighted by Gasteiger charge is -2.09. The smallest absolute Gasteiger partial charge is 0.251 e. The van der Waals surface area contributed by atoms with Crippen LogP contribution in [0.3, 0.4) is 0 Å². The van der Waals surface area contributed by atoms with Crippen molar-refractivity contribution in [2.75, 3.05) is 19.6 Å². The maximum atomic E-state index is 12.3. The maximum absolute atomic E-state index is 12.3. The Labute approximate surface area is 183 Å². The van der Waals surface area contributed by atoms with E-state index in [4.69, 9.17) is 0 Å². The summed E-state index contributed by atoms with van der Waals surface area (Å²) in [5.41, 5.74) is 1.11. The molecule has 3 aromatic rings. The topological polar surface area (TPSA) is 87.3 Å². The van der Waals surface area contributed by atoms with E-state index in [1.165, 1.54) is 0 Å². The first-order valence-electron chi connectivity index (χ1n) is 9.60. The number of halogens is 1. The monoisotopic (exact) mass is 467 g/mol. The molecule has 7 heteroatoms. The molecule has 154 valence electrons. The first-order valence-corrected chi connectivity index (χ1v) is 10.4. The second-order valence-corrected chi connectivity index (χ2v) is 7.60. The van der Waals surface area contributed by atoms with Gasteiger partial charge in [-0.15, -0.1) is 0 Å². The average molecular weight is 468 g/mol. The predicted octanol–water partition coefficient (Wildman–Crippen LogP) is 3.27. The zero-order valence-corrected chi connectivity index (χ0v) is 17.9. The molecule has 0 heterocycles. The van der Waals surface area contributed by atoms with Crippen molar-refractivity contribution in [3.8, 4) is 0 Å². The minimum Gasteiger partial charge on any atom is -0.354 e. The van der Waals surface area contributed by atoms with Gasteiger partial charge in [-0.25, -0.2) is 0 Å². The van der Waals surface area contributed by atoms with Gasteiger partial charge in [0.15, 0.2) is 0 Å². The zero-order chi connectivity index (χ0) is 21.3.